The lowest BCUT2D eigenvalue weighted by molar-refractivity contribution is -0.132. The molecular formula is C20H36O4. The average molecular weight is 341 g/mol. The standard InChI is InChI=1S/C10H16.2C3H4O2.2C2H6/c1-2-9-7-4-5-8(6-7)10(9)3-1;2*1-2-3(4)5;2*1-2/h7-10H,1-6H2;2*2H,1H2,(H,4,5);2*1-2H3. The Balaban J connectivity index is 0. The predicted molar refractivity (Wildman–Crippen MR) is 100 cm³/mol. The van der Waals surface area contributed by atoms with Crippen molar-refractivity contribution in [3.63, 3.8) is 0 Å². The fourth-order valence-corrected chi connectivity index (χ4v) is 4.02. The predicted octanol–water partition coefficient (Wildman–Crippen LogP) is 5.40. The molecule has 4 heteroatoms. The third kappa shape index (κ3) is 8.90. The van der Waals surface area contributed by atoms with Crippen LogP contribution >= 0.6 is 0 Å². The zero-order valence-electron chi connectivity index (χ0n) is 15.8. The monoisotopic (exact) mass is 340 g/mol. The molecule has 3 aliphatic carbocycles. The second-order valence-electron chi connectivity index (χ2n) is 5.68. The first-order valence-corrected chi connectivity index (χ1v) is 9.20. The molecule has 2 N–H and O–H groups in total. The van der Waals surface area contributed by atoms with E-state index in [2.05, 4.69) is 13.2 Å². The van der Waals surface area contributed by atoms with Gasteiger partial charge in [-0.2, -0.15) is 0 Å². The lowest BCUT2D eigenvalue weighted by atomic mass is 9.82. The van der Waals surface area contributed by atoms with E-state index in [4.69, 9.17) is 10.2 Å². The maximum atomic E-state index is 9.25. The van der Waals surface area contributed by atoms with Crippen LogP contribution in [0.4, 0.5) is 0 Å². The van der Waals surface area contributed by atoms with Gasteiger partial charge in [0, 0.05) is 12.2 Å². The molecule has 4 unspecified atom stereocenters. The first-order chi connectivity index (χ1) is 11.5. The third-order valence-electron chi connectivity index (χ3n) is 4.70. The van der Waals surface area contributed by atoms with Crippen molar-refractivity contribution in [3.8, 4) is 0 Å². The van der Waals surface area contributed by atoms with Gasteiger partial charge in [0.15, 0.2) is 0 Å². The molecule has 0 aromatic rings. The van der Waals surface area contributed by atoms with Gasteiger partial charge in [-0.15, -0.1) is 0 Å². The number of rotatable bonds is 2. The number of hydrogen-bond acceptors (Lipinski definition) is 2. The van der Waals surface area contributed by atoms with Crippen molar-refractivity contribution >= 4 is 11.9 Å². The van der Waals surface area contributed by atoms with Crippen LogP contribution in [0.25, 0.3) is 0 Å². The topological polar surface area (TPSA) is 74.6 Å². The van der Waals surface area contributed by atoms with Gasteiger partial charge in [0.05, 0.1) is 0 Å². The third-order valence-corrected chi connectivity index (χ3v) is 4.70. The Labute approximate surface area is 147 Å². The van der Waals surface area contributed by atoms with Gasteiger partial charge in [-0.1, -0.05) is 47.3 Å². The Hall–Kier alpha value is -1.58. The van der Waals surface area contributed by atoms with Crippen LogP contribution in [-0.2, 0) is 9.59 Å². The van der Waals surface area contributed by atoms with Crippen molar-refractivity contribution in [2.75, 3.05) is 0 Å². The van der Waals surface area contributed by atoms with Gasteiger partial charge < -0.3 is 10.2 Å². The van der Waals surface area contributed by atoms with Crippen molar-refractivity contribution in [1.82, 2.24) is 0 Å². The van der Waals surface area contributed by atoms with E-state index in [1.807, 2.05) is 27.7 Å². The Bertz CT molecular complexity index is 342. The Morgan fingerprint density at radius 3 is 1.33 bits per heavy atom. The summed E-state index contributed by atoms with van der Waals surface area (Å²) in [6.45, 7) is 13.9. The van der Waals surface area contributed by atoms with Crippen LogP contribution in [0.2, 0.25) is 0 Å². The van der Waals surface area contributed by atoms with Crippen molar-refractivity contribution < 1.29 is 19.8 Å². The summed E-state index contributed by atoms with van der Waals surface area (Å²) in [5.41, 5.74) is 0. The molecule has 0 saturated heterocycles. The van der Waals surface area contributed by atoms with Gasteiger partial charge in [-0.3, -0.25) is 0 Å². The molecule has 3 aliphatic rings. The first kappa shape index (κ1) is 24.7. The highest BCUT2D eigenvalue weighted by molar-refractivity contribution is 5.79. The molecular weight excluding hydrogens is 304 g/mol. The molecule has 3 saturated carbocycles. The van der Waals surface area contributed by atoms with Crippen molar-refractivity contribution in [2.24, 2.45) is 23.7 Å². The molecule has 3 rings (SSSR count). The van der Waals surface area contributed by atoms with Crippen molar-refractivity contribution in [1.29, 1.82) is 0 Å². The van der Waals surface area contributed by atoms with Crippen LogP contribution in [0.3, 0.4) is 0 Å². The minimum atomic E-state index is -0.981. The van der Waals surface area contributed by atoms with Crippen LogP contribution in [0.5, 0.6) is 0 Å². The maximum Gasteiger partial charge on any atom is 0.327 e. The van der Waals surface area contributed by atoms with E-state index < -0.39 is 11.9 Å². The summed E-state index contributed by atoms with van der Waals surface area (Å²) in [5, 5.41) is 15.2. The quantitative estimate of drug-likeness (QED) is 0.660. The summed E-state index contributed by atoms with van der Waals surface area (Å²) in [4.78, 5) is 18.5. The smallest absolute Gasteiger partial charge is 0.327 e. The van der Waals surface area contributed by atoms with E-state index in [0.29, 0.717) is 0 Å². The molecule has 0 amide bonds. The highest BCUT2D eigenvalue weighted by Crippen LogP contribution is 2.58. The van der Waals surface area contributed by atoms with Gasteiger partial charge in [0.25, 0.3) is 0 Å². The molecule has 4 nitrogen and oxygen atoms in total. The molecule has 0 aliphatic heterocycles. The number of carbonyl (C=O) groups is 2. The molecule has 0 aromatic carbocycles. The largest absolute Gasteiger partial charge is 0.478 e. The Morgan fingerprint density at radius 1 is 0.792 bits per heavy atom. The highest BCUT2D eigenvalue weighted by atomic mass is 16.4. The zero-order valence-corrected chi connectivity index (χ0v) is 15.8. The summed E-state index contributed by atoms with van der Waals surface area (Å²) in [7, 11) is 0. The van der Waals surface area contributed by atoms with Gasteiger partial charge in [0.2, 0.25) is 0 Å². The van der Waals surface area contributed by atoms with E-state index in [1.54, 1.807) is 38.5 Å². The van der Waals surface area contributed by atoms with E-state index in [9.17, 15) is 9.59 Å². The maximum absolute atomic E-state index is 9.25. The number of carboxylic acids is 2. The van der Waals surface area contributed by atoms with Gasteiger partial charge in [-0.05, 0) is 55.8 Å². The minimum absolute atomic E-state index is 0.833. The lowest BCUT2D eigenvalue weighted by Gasteiger charge is -2.23. The van der Waals surface area contributed by atoms with E-state index in [-0.39, 0.29) is 0 Å². The normalized spacial score (nSPS) is 27.2. The van der Waals surface area contributed by atoms with Gasteiger partial charge in [-0.25, -0.2) is 9.59 Å². The molecule has 0 heterocycles. The van der Waals surface area contributed by atoms with Gasteiger partial charge in [0.1, 0.15) is 0 Å². The molecule has 0 aromatic heterocycles. The lowest BCUT2D eigenvalue weighted by Crippen LogP contribution is -2.15. The summed E-state index contributed by atoms with van der Waals surface area (Å²) in [5.74, 6) is 2.84. The highest BCUT2D eigenvalue weighted by Gasteiger charge is 2.48. The van der Waals surface area contributed by atoms with Crippen LogP contribution in [-0.4, -0.2) is 22.2 Å². The van der Waals surface area contributed by atoms with E-state index in [0.717, 1.165) is 12.2 Å². The summed E-state index contributed by atoms with van der Waals surface area (Å²) < 4.78 is 0. The Kier molecular flexibility index (Phi) is 15.4. The van der Waals surface area contributed by atoms with E-state index in [1.165, 1.54) is 23.7 Å². The first-order valence-electron chi connectivity index (χ1n) is 9.20. The zero-order chi connectivity index (χ0) is 19.1. The number of fused-ring (bicyclic) bond motifs is 5. The van der Waals surface area contributed by atoms with Crippen LogP contribution < -0.4 is 0 Å². The molecule has 2 bridgehead atoms. The number of aliphatic carboxylic acids is 2. The van der Waals surface area contributed by atoms with Crippen LogP contribution in [0.15, 0.2) is 25.3 Å². The summed E-state index contributed by atoms with van der Waals surface area (Å²) in [6.07, 6.45) is 11.2. The van der Waals surface area contributed by atoms with Crippen molar-refractivity contribution in [2.45, 2.75) is 66.2 Å². The molecule has 0 radical (unpaired) electrons. The van der Waals surface area contributed by atoms with Crippen LogP contribution in [0, 0.1) is 23.7 Å². The molecule has 140 valence electrons. The second kappa shape index (κ2) is 15.0. The van der Waals surface area contributed by atoms with Crippen LogP contribution in [0.1, 0.15) is 66.2 Å². The SMILES string of the molecule is C1CC2C3CCC(C3)C2C1.C=CC(=O)O.C=CC(=O)O.CC.CC. The minimum Gasteiger partial charge on any atom is -0.478 e. The molecule has 24 heavy (non-hydrogen) atoms. The molecule has 3 fully saturated rings. The molecule has 4 atom stereocenters. The van der Waals surface area contributed by atoms with Crippen molar-refractivity contribution in [3.05, 3.63) is 25.3 Å². The van der Waals surface area contributed by atoms with Gasteiger partial charge >= 0.3 is 11.9 Å². The number of hydrogen-bond donors (Lipinski definition) is 2. The fraction of sp³-hybridized carbons (Fsp3) is 0.700. The Morgan fingerprint density at radius 2 is 1.08 bits per heavy atom. The van der Waals surface area contributed by atoms with E-state index >= 15 is 0 Å². The molecule has 0 spiro atoms. The summed E-state index contributed by atoms with van der Waals surface area (Å²) >= 11 is 0. The fourth-order valence-electron chi connectivity index (χ4n) is 4.02. The summed E-state index contributed by atoms with van der Waals surface area (Å²) in [6, 6.07) is 0. The average Bonchev–Trinajstić information content (AvgIpc) is 3.33. The second-order valence-corrected chi connectivity index (χ2v) is 5.68. The number of carboxylic acid groups (broad SMARTS) is 2.